The second-order valence-corrected chi connectivity index (χ2v) is 3.25. The number of nitrogens with two attached hydrogens (primary N) is 1. The second kappa shape index (κ2) is 2.86. The van der Waals surface area contributed by atoms with Gasteiger partial charge in [0.05, 0.1) is 5.60 Å². The summed E-state index contributed by atoms with van der Waals surface area (Å²) in [5.74, 6) is 0. The zero-order valence-corrected chi connectivity index (χ0v) is 6.51. The largest absolute Gasteiger partial charge is 0.388 e. The smallest absolute Gasteiger partial charge is 0.0798 e. The van der Waals surface area contributed by atoms with Gasteiger partial charge in [-0.25, -0.2) is 0 Å². The van der Waals surface area contributed by atoms with Gasteiger partial charge in [-0.3, -0.25) is 0 Å². The van der Waals surface area contributed by atoms with Gasteiger partial charge in [-0.2, -0.15) is 0 Å². The van der Waals surface area contributed by atoms with Crippen molar-refractivity contribution in [3.63, 3.8) is 0 Å². The van der Waals surface area contributed by atoms with Gasteiger partial charge in [0, 0.05) is 13.1 Å². The van der Waals surface area contributed by atoms with E-state index in [1.165, 1.54) is 0 Å². The number of nitrogens with zero attached hydrogens (tertiary/aromatic N) is 1. The molecule has 10 heavy (non-hydrogen) atoms. The van der Waals surface area contributed by atoms with E-state index in [0.717, 1.165) is 25.9 Å². The Kier molecular flexibility index (Phi) is 2.28. The highest BCUT2D eigenvalue weighted by atomic mass is 16.3. The van der Waals surface area contributed by atoms with Crippen LogP contribution < -0.4 is 5.73 Å². The molecule has 1 aliphatic heterocycles. The standard InChI is InChI=1S/C7H16N2O/c1-9-5-3-7(10,6-9)2-4-8/h10H,2-6,8H2,1H3. The van der Waals surface area contributed by atoms with Crippen molar-refractivity contribution >= 4 is 0 Å². The van der Waals surface area contributed by atoms with Gasteiger partial charge in [-0.05, 0) is 26.4 Å². The lowest BCUT2D eigenvalue weighted by Crippen LogP contribution is -2.34. The summed E-state index contributed by atoms with van der Waals surface area (Å²) in [5, 5.41) is 9.74. The number of hydrogen-bond donors (Lipinski definition) is 2. The molecule has 0 aliphatic carbocycles. The third-order valence-electron chi connectivity index (χ3n) is 2.13. The minimum absolute atomic E-state index is 0.483. The predicted octanol–water partition coefficient (Wildman–Crippen LogP) is -0.598. The Bertz CT molecular complexity index is 114. The normalized spacial score (nSPS) is 35.1. The highest BCUT2D eigenvalue weighted by molar-refractivity contribution is 4.88. The Morgan fingerprint density at radius 2 is 2.40 bits per heavy atom. The molecule has 60 valence electrons. The third-order valence-corrected chi connectivity index (χ3v) is 2.13. The van der Waals surface area contributed by atoms with Crippen molar-refractivity contribution in [1.29, 1.82) is 0 Å². The Balaban J connectivity index is 2.38. The first kappa shape index (κ1) is 7.98. The molecule has 3 heteroatoms. The van der Waals surface area contributed by atoms with Crippen LogP contribution in [0.2, 0.25) is 0 Å². The van der Waals surface area contributed by atoms with Gasteiger partial charge in [-0.1, -0.05) is 0 Å². The van der Waals surface area contributed by atoms with Gasteiger partial charge in [-0.15, -0.1) is 0 Å². The molecule has 1 atom stereocenters. The number of β-amino-alcohol motifs (C(OH)–C–C–N with tert-alkyl or cyclic N) is 1. The molecule has 0 radical (unpaired) electrons. The summed E-state index contributed by atoms with van der Waals surface area (Å²) in [6.45, 7) is 2.37. The Morgan fingerprint density at radius 1 is 1.70 bits per heavy atom. The maximum absolute atomic E-state index is 9.74. The van der Waals surface area contributed by atoms with E-state index in [4.69, 9.17) is 5.73 Å². The van der Waals surface area contributed by atoms with Crippen molar-refractivity contribution < 1.29 is 5.11 Å². The molecule has 1 saturated heterocycles. The van der Waals surface area contributed by atoms with Crippen LogP contribution in [0.15, 0.2) is 0 Å². The molecule has 1 rings (SSSR count). The summed E-state index contributed by atoms with van der Waals surface area (Å²) in [4.78, 5) is 2.13. The summed E-state index contributed by atoms with van der Waals surface area (Å²) in [6.07, 6.45) is 1.61. The molecule has 0 spiro atoms. The quantitative estimate of drug-likeness (QED) is 0.544. The lowest BCUT2D eigenvalue weighted by Gasteiger charge is -2.20. The van der Waals surface area contributed by atoms with Crippen LogP contribution in [0.5, 0.6) is 0 Å². The minimum Gasteiger partial charge on any atom is -0.388 e. The molecule has 0 aromatic heterocycles. The van der Waals surface area contributed by atoms with Gasteiger partial charge < -0.3 is 15.7 Å². The molecule has 0 aromatic rings. The van der Waals surface area contributed by atoms with E-state index in [1.807, 2.05) is 7.05 Å². The maximum atomic E-state index is 9.74. The topological polar surface area (TPSA) is 49.5 Å². The zero-order chi connectivity index (χ0) is 7.61. The summed E-state index contributed by atoms with van der Waals surface area (Å²) in [7, 11) is 2.02. The highest BCUT2D eigenvalue weighted by Crippen LogP contribution is 2.22. The number of rotatable bonds is 2. The molecule has 0 saturated carbocycles. The van der Waals surface area contributed by atoms with E-state index < -0.39 is 5.60 Å². The predicted molar refractivity (Wildman–Crippen MR) is 40.7 cm³/mol. The minimum atomic E-state index is -0.483. The zero-order valence-electron chi connectivity index (χ0n) is 6.51. The van der Waals surface area contributed by atoms with Gasteiger partial charge in [0.15, 0.2) is 0 Å². The fourth-order valence-electron chi connectivity index (χ4n) is 1.53. The molecule has 3 N–H and O–H groups in total. The van der Waals surface area contributed by atoms with Crippen LogP contribution in [-0.4, -0.2) is 42.3 Å². The van der Waals surface area contributed by atoms with Gasteiger partial charge in [0.1, 0.15) is 0 Å². The number of hydrogen-bond acceptors (Lipinski definition) is 3. The number of likely N-dealkylation sites (N-methyl/N-ethyl adjacent to an activating group) is 1. The molecule has 0 aromatic carbocycles. The molecular formula is C7H16N2O. The monoisotopic (exact) mass is 144 g/mol. The van der Waals surface area contributed by atoms with Gasteiger partial charge in [0.2, 0.25) is 0 Å². The first-order chi connectivity index (χ1) is 4.66. The Morgan fingerprint density at radius 3 is 2.80 bits per heavy atom. The third kappa shape index (κ3) is 1.68. The molecule has 3 nitrogen and oxygen atoms in total. The van der Waals surface area contributed by atoms with Crippen LogP contribution in [0.4, 0.5) is 0 Å². The van der Waals surface area contributed by atoms with Crippen LogP contribution in [0.3, 0.4) is 0 Å². The van der Waals surface area contributed by atoms with Crippen molar-refractivity contribution in [2.45, 2.75) is 18.4 Å². The van der Waals surface area contributed by atoms with Crippen molar-refractivity contribution in [1.82, 2.24) is 4.90 Å². The fourth-order valence-corrected chi connectivity index (χ4v) is 1.53. The lowest BCUT2D eigenvalue weighted by molar-refractivity contribution is 0.0457. The van der Waals surface area contributed by atoms with Crippen molar-refractivity contribution in [2.24, 2.45) is 5.73 Å². The SMILES string of the molecule is CN1CCC(O)(CCN)C1. The van der Waals surface area contributed by atoms with Crippen LogP contribution in [0.1, 0.15) is 12.8 Å². The van der Waals surface area contributed by atoms with Gasteiger partial charge >= 0.3 is 0 Å². The van der Waals surface area contributed by atoms with Crippen molar-refractivity contribution in [3.05, 3.63) is 0 Å². The molecule has 1 fully saturated rings. The number of likely N-dealkylation sites (tertiary alicyclic amines) is 1. The summed E-state index contributed by atoms with van der Waals surface area (Å²) in [5.41, 5.74) is 4.88. The highest BCUT2D eigenvalue weighted by Gasteiger charge is 2.32. The molecule has 1 unspecified atom stereocenters. The Hall–Kier alpha value is -0.120. The molecule has 1 aliphatic rings. The van der Waals surface area contributed by atoms with Crippen molar-refractivity contribution in [2.75, 3.05) is 26.7 Å². The summed E-state index contributed by atoms with van der Waals surface area (Å²) >= 11 is 0. The van der Waals surface area contributed by atoms with Crippen LogP contribution in [0, 0.1) is 0 Å². The number of aliphatic hydroxyl groups is 1. The maximum Gasteiger partial charge on any atom is 0.0798 e. The summed E-state index contributed by atoms with van der Waals surface area (Å²) < 4.78 is 0. The molecular weight excluding hydrogens is 128 g/mol. The van der Waals surface area contributed by atoms with Gasteiger partial charge in [0.25, 0.3) is 0 Å². The van der Waals surface area contributed by atoms with Crippen LogP contribution >= 0.6 is 0 Å². The first-order valence-corrected chi connectivity index (χ1v) is 3.77. The van der Waals surface area contributed by atoms with Crippen LogP contribution in [0.25, 0.3) is 0 Å². The molecule has 1 heterocycles. The average molecular weight is 144 g/mol. The molecule has 0 bridgehead atoms. The first-order valence-electron chi connectivity index (χ1n) is 3.77. The van der Waals surface area contributed by atoms with E-state index in [1.54, 1.807) is 0 Å². The lowest BCUT2D eigenvalue weighted by atomic mass is 9.99. The molecule has 0 amide bonds. The van der Waals surface area contributed by atoms with Crippen LogP contribution in [-0.2, 0) is 0 Å². The van der Waals surface area contributed by atoms with E-state index in [-0.39, 0.29) is 0 Å². The van der Waals surface area contributed by atoms with E-state index in [0.29, 0.717) is 6.54 Å². The van der Waals surface area contributed by atoms with E-state index in [2.05, 4.69) is 4.90 Å². The Labute approximate surface area is 61.8 Å². The van der Waals surface area contributed by atoms with E-state index >= 15 is 0 Å². The summed E-state index contributed by atoms with van der Waals surface area (Å²) in [6, 6.07) is 0. The fraction of sp³-hybridized carbons (Fsp3) is 1.00. The van der Waals surface area contributed by atoms with E-state index in [9.17, 15) is 5.11 Å². The van der Waals surface area contributed by atoms with Crippen molar-refractivity contribution in [3.8, 4) is 0 Å². The average Bonchev–Trinajstić information content (AvgIpc) is 2.12. The second-order valence-electron chi connectivity index (χ2n) is 3.25.